The van der Waals surface area contributed by atoms with E-state index in [9.17, 15) is 18.0 Å². The van der Waals surface area contributed by atoms with E-state index in [1.807, 2.05) is 47.4 Å². The summed E-state index contributed by atoms with van der Waals surface area (Å²) in [6.45, 7) is 3.65. The summed E-state index contributed by atoms with van der Waals surface area (Å²) in [4.78, 5) is 23.9. The average Bonchev–Trinajstić information content (AvgIpc) is 3.55. The molecule has 0 bridgehead atoms. The van der Waals surface area contributed by atoms with E-state index in [1.54, 1.807) is 37.7 Å². The number of nitrogens with zero attached hydrogens (tertiary/aromatic N) is 4. The van der Waals surface area contributed by atoms with E-state index in [0.29, 0.717) is 62.1 Å². The van der Waals surface area contributed by atoms with Gasteiger partial charge in [0.1, 0.15) is 16.5 Å². The first-order valence-corrected chi connectivity index (χ1v) is 15.8. The van der Waals surface area contributed by atoms with Gasteiger partial charge in [-0.15, -0.1) is 11.3 Å². The van der Waals surface area contributed by atoms with Gasteiger partial charge in [-0.2, -0.15) is 13.2 Å². The van der Waals surface area contributed by atoms with Crippen molar-refractivity contribution in [3.05, 3.63) is 99.5 Å². The SMILES string of the molecule is COc1ccc(CN(CCc2ccc(OC)c(OC)c2)Cc2nc(C(=O)N3CCN(c4cccc(C(F)(F)F)c4)CC3)cs2)cc1. The minimum absolute atomic E-state index is 0.168. The van der Waals surface area contributed by atoms with Gasteiger partial charge in [-0.1, -0.05) is 24.3 Å². The molecule has 4 aromatic rings. The number of amides is 1. The highest BCUT2D eigenvalue weighted by molar-refractivity contribution is 7.09. The highest BCUT2D eigenvalue weighted by Gasteiger charge is 2.31. The molecule has 12 heteroatoms. The molecule has 0 spiro atoms. The minimum atomic E-state index is -4.40. The van der Waals surface area contributed by atoms with Crippen LogP contribution in [-0.2, 0) is 25.7 Å². The molecule has 1 fully saturated rings. The number of hydrogen-bond donors (Lipinski definition) is 0. The number of benzene rings is 3. The van der Waals surface area contributed by atoms with Crippen molar-refractivity contribution < 1.29 is 32.2 Å². The highest BCUT2D eigenvalue weighted by atomic mass is 32.1. The van der Waals surface area contributed by atoms with Crippen molar-refractivity contribution in [2.75, 3.05) is 59.0 Å². The zero-order valence-electron chi connectivity index (χ0n) is 26.0. The number of carbonyl (C=O) groups is 1. The van der Waals surface area contributed by atoms with Gasteiger partial charge in [0.25, 0.3) is 5.91 Å². The van der Waals surface area contributed by atoms with E-state index in [-0.39, 0.29) is 5.91 Å². The Morgan fingerprint density at radius 2 is 1.59 bits per heavy atom. The first-order chi connectivity index (χ1) is 22.2. The summed E-state index contributed by atoms with van der Waals surface area (Å²) >= 11 is 1.45. The van der Waals surface area contributed by atoms with E-state index in [1.165, 1.54) is 17.4 Å². The van der Waals surface area contributed by atoms with Crippen LogP contribution in [-0.4, -0.2) is 74.7 Å². The molecule has 244 valence electrons. The molecule has 0 radical (unpaired) electrons. The number of piperazine rings is 1. The number of carbonyl (C=O) groups excluding carboxylic acids is 1. The maximum atomic E-state index is 13.4. The molecule has 0 atom stereocenters. The highest BCUT2D eigenvalue weighted by Crippen LogP contribution is 2.32. The van der Waals surface area contributed by atoms with E-state index in [4.69, 9.17) is 19.2 Å². The standard InChI is InChI=1S/C34H37F3N4O4S/c1-43-28-10-7-25(8-11-28)21-39(14-13-24-9-12-30(44-2)31(19-24)45-3)22-32-38-29(23-46-32)33(42)41-17-15-40(16-18-41)27-6-4-5-26(20-27)34(35,36)37/h4-12,19-20,23H,13-18,21-22H2,1-3H3. The van der Waals surface area contributed by atoms with Crippen LogP contribution in [0, 0.1) is 0 Å². The van der Waals surface area contributed by atoms with Gasteiger partial charge < -0.3 is 24.0 Å². The summed E-state index contributed by atoms with van der Waals surface area (Å²) in [6, 6.07) is 19.2. The predicted octanol–water partition coefficient (Wildman–Crippen LogP) is 6.40. The Bertz CT molecular complexity index is 1600. The van der Waals surface area contributed by atoms with Crippen molar-refractivity contribution in [3.63, 3.8) is 0 Å². The number of ether oxygens (including phenoxy) is 3. The van der Waals surface area contributed by atoms with Crippen molar-refractivity contribution in [3.8, 4) is 17.2 Å². The van der Waals surface area contributed by atoms with E-state index in [0.717, 1.165) is 47.0 Å². The molecule has 0 saturated carbocycles. The van der Waals surface area contributed by atoms with Gasteiger partial charge in [-0.05, 0) is 60.0 Å². The van der Waals surface area contributed by atoms with E-state index >= 15 is 0 Å². The molecule has 0 aliphatic carbocycles. The van der Waals surface area contributed by atoms with E-state index < -0.39 is 11.7 Å². The van der Waals surface area contributed by atoms with Crippen molar-refractivity contribution >= 4 is 22.9 Å². The van der Waals surface area contributed by atoms with Gasteiger partial charge >= 0.3 is 6.18 Å². The van der Waals surface area contributed by atoms with Crippen molar-refractivity contribution in [2.24, 2.45) is 0 Å². The zero-order valence-corrected chi connectivity index (χ0v) is 26.9. The minimum Gasteiger partial charge on any atom is -0.497 e. The molecule has 2 heterocycles. The average molecular weight is 655 g/mol. The summed E-state index contributed by atoms with van der Waals surface area (Å²) < 4.78 is 55.7. The number of halogens is 3. The van der Waals surface area contributed by atoms with Gasteiger partial charge in [0.2, 0.25) is 0 Å². The van der Waals surface area contributed by atoms with Crippen LogP contribution < -0.4 is 19.1 Å². The van der Waals surface area contributed by atoms with Gasteiger partial charge in [0, 0.05) is 50.3 Å². The molecule has 3 aromatic carbocycles. The third kappa shape index (κ3) is 8.29. The van der Waals surface area contributed by atoms with Crippen LogP contribution >= 0.6 is 11.3 Å². The fraction of sp³-hybridized carbons (Fsp3) is 0.353. The number of alkyl halides is 3. The molecule has 0 unspecified atom stereocenters. The summed E-state index contributed by atoms with van der Waals surface area (Å²) in [7, 11) is 4.87. The van der Waals surface area contributed by atoms with E-state index in [2.05, 4.69) is 4.90 Å². The Morgan fingerprint density at radius 3 is 2.26 bits per heavy atom. The number of methoxy groups -OCH3 is 3. The van der Waals surface area contributed by atoms with Crippen molar-refractivity contribution in [1.29, 1.82) is 0 Å². The van der Waals surface area contributed by atoms with Crippen molar-refractivity contribution in [1.82, 2.24) is 14.8 Å². The fourth-order valence-electron chi connectivity index (χ4n) is 5.41. The monoisotopic (exact) mass is 654 g/mol. The Morgan fingerprint density at radius 1 is 0.870 bits per heavy atom. The first kappa shape index (κ1) is 33.1. The van der Waals surface area contributed by atoms with Crippen LogP contribution in [0.2, 0.25) is 0 Å². The maximum absolute atomic E-state index is 13.4. The second-order valence-corrected chi connectivity index (χ2v) is 11.9. The van der Waals surface area contributed by atoms with Gasteiger partial charge in [0.05, 0.1) is 33.4 Å². The molecule has 1 amide bonds. The summed E-state index contributed by atoms with van der Waals surface area (Å²) in [5, 5.41) is 2.61. The summed E-state index contributed by atoms with van der Waals surface area (Å²) in [6.07, 6.45) is -3.63. The lowest BCUT2D eigenvalue weighted by Crippen LogP contribution is -2.49. The number of rotatable bonds is 12. The quantitative estimate of drug-likeness (QED) is 0.175. The van der Waals surface area contributed by atoms with Crippen LogP contribution in [0.1, 0.15) is 32.2 Å². The van der Waals surface area contributed by atoms with Crippen LogP contribution in [0.3, 0.4) is 0 Å². The maximum Gasteiger partial charge on any atom is 0.416 e. The fourth-order valence-corrected chi connectivity index (χ4v) is 6.22. The second-order valence-electron chi connectivity index (χ2n) is 11.0. The number of anilines is 1. The smallest absolute Gasteiger partial charge is 0.416 e. The molecular weight excluding hydrogens is 617 g/mol. The lowest BCUT2D eigenvalue weighted by atomic mass is 10.1. The Labute approximate surface area is 270 Å². The first-order valence-electron chi connectivity index (χ1n) is 14.9. The molecule has 5 rings (SSSR count). The normalized spacial score (nSPS) is 13.6. The third-order valence-corrected chi connectivity index (χ3v) is 8.80. The van der Waals surface area contributed by atoms with Crippen LogP contribution in [0.5, 0.6) is 17.2 Å². The van der Waals surface area contributed by atoms with Gasteiger partial charge in [-0.25, -0.2) is 4.98 Å². The molecule has 1 aliphatic heterocycles. The summed E-state index contributed by atoms with van der Waals surface area (Å²) in [5.74, 6) is 1.98. The Kier molecular flexibility index (Phi) is 10.7. The Balaban J connectivity index is 1.23. The molecule has 1 aromatic heterocycles. The molecular formula is C34H37F3N4O4S. The van der Waals surface area contributed by atoms with Crippen LogP contribution in [0.25, 0.3) is 0 Å². The number of aromatic nitrogens is 1. The topological polar surface area (TPSA) is 67.4 Å². The molecule has 1 saturated heterocycles. The van der Waals surface area contributed by atoms with Crippen LogP contribution in [0.4, 0.5) is 18.9 Å². The predicted molar refractivity (Wildman–Crippen MR) is 172 cm³/mol. The molecule has 0 N–H and O–H groups in total. The summed E-state index contributed by atoms with van der Waals surface area (Å²) in [5.41, 5.74) is 2.44. The number of thiazole rings is 1. The largest absolute Gasteiger partial charge is 0.497 e. The zero-order chi connectivity index (χ0) is 32.7. The number of hydrogen-bond acceptors (Lipinski definition) is 8. The van der Waals surface area contributed by atoms with Crippen LogP contribution in [0.15, 0.2) is 72.1 Å². The lowest BCUT2D eigenvalue weighted by Gasteiger charge is -2.36. The van der Waals surface area contributed by atoms with Crippen molar-refractivity contribution in [2.45, 2.75) is 25.7 Å². The lowest BCUT2D eigenvalue weighted by molar-refractivity contribution is -0.137. The Hall–Kier alpha value is -4.29. The van der Waals surface area contributed by atoms with Gasteiger partial charge in [0.15, 0.2) is 11.5 Å². The second kappa shape index (κ2) is 14.9. The molecule has 46 heavy (non-hydrogen) atoms. The van der Waals surface area contributed by atoms with Gasteiger partial charge in [-0.3, -0.25) is 9.69 Å². The molecule has 8 nitrogen and oxygen atoms in total. The third-order valence-electron chi connectivity index (χ3n) is 7.97. The molecule has 1 aliphatic rings.